The third-order valence-electron chi connectivity index (χ3n) is 3.90. The number of morpholine rings is 1. The summed E-state index contributed by atoms with van der Waals surface area (Å²) in [5.41, 5.74) is 2.93. The van der Waals surface area contributed by atoms with Gasteiger partial charge in [-0.25, -0.2) is 0 Å². The standard InChI is InChI=1S/C18H19NO2/c1-14-7-5-6-10-16(14)18(20)19-11-12-21-17(13-19)15-8-3-2-4-9-15/h2-10,17H,11-13H2,1H3/t17-/m0/s1. The van der Waals surface area contributed by atoms with E-state index >= 15 is 0 Å². The van der Waals surface area contributed by atoms with Crippen molar-refractivity contribution in [1.29, 1.82) is 0 Å². The summed E-state index contributed by atoms with van der Waals surface area (Å²) in [5.74, 6) is 0.0948. The third-order valence-corrected chi connectivity index (χ3v) is 3.90. The number of ether oxygens (including phenoxy) is 1. The fraction of sp³-hybridized carbons (Fsp3) is 0.278. The van der Waals surface area contributed by atoms with Crippen molar-refractivity contribution in [2.75, 3.05) is 19.7 Å². The molecule has 1 heterocycles. The number of rotatable bonds is 2. The summed E-state index contributed by atoms with van der Waals surface area (Å²) in [6.07, 6.45) is -0.0343. The largest absolute Gasteiger partial charge is 0.370 e. The molecule has 3 heteroatoms. The van der Waals surface area contributed by atoms with E-state index in [1.54, 1.807) is 0 Å². The fourth-order valence-electron chi connectivity index (χ4n) is 2.69. The molecule has 1 atom stereocenters. The lowest BCUT2D eigenvalue weighted by Crippen LogP contribution is -2.42. The molecule has 0 spiro atoms. The molecule has 108 valence electrons. The maximum atomic E-state index is 12.7. The number of benzene rings is 2. The Morgan fingerprint density at radius 1 is 1.10 bits per heavy atom. The number of hydrogen-bond acceptors (Lipinski definition) is 2. The van der Waals surface area contributed by atoms with Crippen LogP contribution in [0.3, 0.4) is 0 Å². The van der Waals surface area contributed by atoms with Gasteiger partial charge in [0.05, 0.1) is 13.2 Å². The molecule has 1 amide bonds. The number of carbonyl (C=O) groups excluding carboxylic acids is 1. The van der Waals surface area contributed by atoms with Gasteiger partial charge in [0.1, 0.15) is 6.10 Å². The van der Waals surface area contributed by atoms with E-state index in [4.69, 9.17) is 4.74 Å². The first-order chi connectivity index (χ1) is 10.3. The summed E-state index contributed by atoms with van der Waals surface area (Å²) < 4.78 is 5.82. The maximum absolute atomic E-state index is 12.7. The normalized spacial score (nSPS) is 18.5. The predicted molar refractivity (Wildman–Crippen MR) is 82.2 cm³/mol. The SMILES string of the molecule is Cc1ccccc1C(=O)N1CCO[C@H](c2ccccc2)C1. The van der Waals surface area contributed by atoms with Gasteiger partial charge in [-0.2, -0.15) is 0 Å². The van der Waals surface area contributed by atoms with Crippen molar-refractivity contribution in [3.63, 3.8) is 0 Å². The van der Waals surface area contributed by atoms with Crippen LogP contribution in [-0.4, -0.2) is 30.5 Å². The third kappa shape index (κ3) is 2.98. The Morgan fingerprint density at radius 2 is 1.81 bits per heavy atom. The number of aryl methyl sites for hydroxylation is 1. The van der Waals surface area contributed by atoms with Gasteiger partial charge in [0, 0.05) is 12.1 Å². The van der Waals surface area contributed by atoms with E-state index in [2.05, 4.69) is 0 Å². The number of nitrogens with zero attached hydrogens (tertiary/aromatic N) is 1. The van der Waals surface area contributed by atoms with Gasteiger partial charge in [-0.05, 0) is 24.1 Å². The second-order valence-corrected chi connectivity index (χ2v) is 5.34. The minimum atomic E-state index is -0.0343. The van der Waals surface area contributed by atoms with Crippen LogP contribution < -0.4 is 0 Å². The van der Waals surface area contributed by atoms with Crippen molar-refractivity contribution in [1.82, 2.24) is 4.90 Å². The van der Waals surface area contributed by atoms with Gasteiger partial charge < -0.3 is 9.64 Å². The monoisotopic (exact) mass is 281 g/mol. The van der Waals surface area contributed by atoms with Gasteiger partial charge in [0.15, 0.2) is 0 Å². The first kappa shape index (κ1) is 13.8. The molecule has 0 aliphatic carbocycles. The van der Waals surface area contributed by atoms with E-state index in [0.717, 1.165) is 16.7 Å². The molecule has 1 aliphatic heterocycles. The van der Waals surface area contributed by atoms with Crippen molar-refractivity contribution in [3.05, 3.63) is 71.3 Å². The summed E-state index contributed by atoms with van der Waals surface area (Å²) in [5, 5.41) is 0. The second-order valence-electron chi connectivity index (χ2n) is 5.34. The van der Waals surface area contributed by atoms with Gasteiger partial charge in [-0.15, -0.1) is 0 Å². The lowest BCUT2D eigenvalue weighted by Gasteiger charge is -2.33. The van der Waals surface area contributed by atoms with Crippen LogP contribution in [0.25, 0.3) is 0 Å². The lowest BCUT2D eigenvalue weighted by atomic mass is 10.1. The van der Waals surface area contributed by atoms with Crippen molar-refractivity contribution < 1.29 is 9.53 Å². The van der Waals surface area contributed by atoms with Gasteiger partial charge in [0.2, 0.25) is 0 Å². The van der Waals surface area contributed by atoms with Gasteiger partial charge in [-0.3, -0.25) is 4.79 Å². The Balaban J connectivity index is 1.77. The summed E-state index contributed by atoms with van der Waals surface area (Å²) in [7, 11) is 0. The number of hydrogen-bond donors (Lipinski definition) is 0. The van der Waals surface area contributed by atoms with E-state index in [0.29, 0.717) is 19.7 Å². The molecule has 0 bridgehead atoms. The molecule has 1 aliphatic rings. The van der Waals surface area contributed by atoms with Crippen LogP contribution >= 0.6 is 0 Å². The average Bonchev–Trinajstić information content (AvgIpc) is 2.56. The quantitative estimate of drug-likeness (QED) is 0.846. The molecule has 2 aromatic carbocycles. The van der Waals surface area contributed by atoms with Gasteiger partial charge in [-0.1, -0.05) is 48.5 Å². The van der Waals surface area contributed by atoms with Crippen LogP contribution in [0.5, 0.6) is 0 Å². The Bertz CT molecular complexity index is 624. The first-order valence-corrected chi connectivity index (χ1v) is 7.27. The van der Waals surface area contributed by atoms with Crippen LogP contribution in [0, 0.1) is 6.92 Å². The molecule has 0 saturated carbocycles. The molecule has 1 fully saturated rings. The summed E-state index contributed by atoms with van der Waals surface area (Å²) >= 11 is 0. The molecule has 0 unspecified atom stereocenters. The molecule has 21 heavy (non-hydrogen) atoms. The highest BCUT2D eigenvalue weighted by Gasteiger charge is 2.26. The smallest absolute Gasteiger partial charge is 0.254 e. The van der Waals surface area contributed by atoms with Crippen molar-refractivity contribution in [2.24, 2.45) is 0 Å². The molecule has 2 aromatic rings. The maximum Gasteiger partial charge on any atom is 0.254 e. The highest BCUT2D eigenvalue weighted by Crippen LogP contribution is 2.23. The molecule has 0 N–H and O–H groups in total. The minimum absolute atomic E-state index is 0.0343. The Kier molecular flexibility index (Phi) is 4.02. The van der Waals surface area contributed by atoms with Crippen LogP contribution in [0.4, 0.5) is 0 Å². The highest BCUT2D eigenvalue weighted by atomic mass is 16.5. The van der Waals surface area contributed by atoms with Gasteiger partial charge >= 0.3 is 0 Å². The first-order valence-electron chi connectivity index (χ1n) is 7.27. The zero-order chi connectivity index (χ0) is 14.7. The molecule has 3 rings (SSSR count). The van der Waals surface area contributed by atoms with Crippen molar-refractivity contribution >= 4 is 5.91 Å². The topological polar surface area (TPSA) is 29.5 Å². The number of amides is 1. The molecule has 3 nitrogen and oxygen atoms in total. The van der Waals surface area contributed by atoms with E-state index in [1.165, 1.54) is 0 Å². The van der Waals surface area contributed by atoms with Crippen LogP contribution in [-0.2, 0) is 4.74 Å². The summed E-state index contributed by atoms with van der Waals surface area (Å²) in [6.45, 7) is 3.81. The minimum Gasteiger partial charge on any atom is -0.370 e. The number of carbonyl (C=O) groups is 1. The molecular formula is C18H19NO2. The second kappa shape index (κ2) is 6.10. The Labute approximate surface area is 125 Å². The molecular weight excluding hydrogens is 262 g/mol. The summed E-state index contributed by atoms with van der Waals surface area (Å²) in [6, 6.07) is 17.8. The van der Waals surface area contributed by atoms with E-state index in [9.17, 15) is 4.79 Å². The van der Waals surface area contributed by atoms with E-state index < -0.39 is 0 Å². The molecule has 0 radical (unpaired) electrons. The van der Waals surface area contributed by atoms with Crippen LogP contribution in [0.1, 0.15) is 27.6 Å². The van der Waals surface area contributed by atoms with Crippen LogP contribution in [0.15, 0.2) is 54.6 Å². The van der Waals surface area contributed by atoms with Crippen molar-refractivity contribution in [3.8, 4) is 0 Å². The van der Waals surface area contributed by atoms with E-state index in [-0.39, 0.29) is 12.0 Å². The lowest BCUT2D eigenvalue weighted by molar-refractivity contribution is -0.0228. The highest BCUT2D eigenvalue weighted by molar-refractivity contribution is 5.95. The Hall–Kier alpha value is -2.13. The fourth-order valence-corrected chi connectivity index (χ4v) is 2.69. The summed E-state index contributed by atoms with van der Waals surface area (Å²) in [4.78, 5) is 14.6. The molecule has 1 saturated heterocycles. The predicted octanol–water partition coefficient (Wildman–Crippen LogP) is 3.21. The zero-order valence-electron chi connectivity index (χ0n) is 12.2. The average molecular weight is 281 g/mol. The Morgan fingerprint density at radius 3 is 2.57 bits per heavy atom. The van der Waals surface area contributed by atoms with Crippen molar-refractivity contribution in [2.45, 2.75) is 13.0 Å². The van der Waals surface area contributed by atoms with E-state index in [1.807, 2.05) is 66.4 Å². The van der Waals surface area contributed by atoms with Crippen LogP contribution in [0.2, 0.25) is 0 Å². The zero-order valence-corrected chi connectivity index (χ0v) is 12.2. The molecule has 0 aromatic heterocycles. The van der Waals surface area contributed by atoms with Gasteiger partial charge in [0.25, 0.3) is 5.91 Å².